The van der Waals surface area contributed by atoms with E-state index < -0.39 is 0 Å². The molecule has 1 aromatic heterocycles. The Morgan fingerprint density at radius 2 is 1.31 bits per heavy atom. The number of unbranched alkanes of at least 4 members (excludes halogenated alkanes) is 4. The van der Waals surface area contributed by atoms with Crippen molar-refractivity contribution >= 4 is 27.5 Å². The highest BCUT2D eigenvalue weighted by Crippen LogP contribution is 2.38. The molecule has 168 valence electrons. The van der Waals surface area contributed by atoms with E-state index >= 15 is 0 Å². The first-order valence-corrected chi connectivity index (χ1v) is 12.6. The molecule has 0 amide bonds. The number of hydrogen-bond acceptors (Lipinski definition) is 1. The molecule has 1 heterocycles. The van der Waals surface area contributed by atoms with E-state index in [0.29, 0.717) is 6.04 Å². The Labute approximate surface area is 193 Å². The number of nitrogens with zero attached hydrogens (tertiary/aromatic N) is 2. The zero-order chi connectivity index (χ0) is 22.3. The largest absolute Gasteiger partial charge is 0.371 e. The first-order chi connectivity index (χ1) is 15.8. The van der Waals surface area contributed by atoms with Crippen LogP contribution in [0.15, 0.2) is 72.8 Å². The van der Waals surface area contributed by atoms with Crippen molar-refractivity contribution in [3.63, 3.8) is 0 Å². The molecule has 0 spiro atoms. The van der Waals surface area contributed by atoms with Crippen molar-refractivity contribution in [3.8, 4) is 5.69 Å². The average Bonchev–Trinajstić information content (AvgIpc) is 3.18. The van der Waals surface area contributed by atoms with Gasteiger partial charge in [0.15, 0.2) is 0 Å². The molecule has 0 N–H and O–H groups in total. The van der Waals surface area contributed by atoms with Crippen molar-refractivity contribution in [1.82, 2.24) is 4.57 Å². The summed E-state index contributed by atoms with van der Waals surface area (Å²) in [6.07, 6.45) is 10.4. The van der Waals surface area contributed by atoms with Crippen LogP contribution in [0.1, 0.15) is 65.2 Å². The maximum absolute atomic E-state index is 2.59. The molecule has 0 aliphatic carbocycles. The lowest BCUT2D eigenvalue weighted by Crippen LogP contribution is -2.31. The summed E-state index contributed by atoms with van der Waals surface area (Å²) in [6.45, 7) is 4.60. The molecule has 0 aliphatic rings. The Morgan fingerprint density at radius 3 is 2.00 bits per heavy atom. The first-order valence-electron chi connectivity index (χ1n) is 12.6. The van der Waals surface area contributed by atoms with Gasteiger partial charge in [0.25, 0.3) is 0 Å². The lowest BCUT2D eigenvalue weighted by Gasteiger charge is -2.31. The minimum absolute atomic E-state index is 0.595. The molecule has 4 aromatic rings. The van der Waals surface area contributed by atoms with Crippen LogP contribution in [0.4, 0.5) is 5.69 Å². The molecule has 0 unspecified atom stereocenters. The first kappa shape index (κ1) is 22.5. The quantitative estimate of drug-likeness (QED) is 0.218. The molecule has 4 rings (SSSR count). The fraction of sp³-hybridized carbons (Fsp3) is 0.400. The Kier molecular flexibility index (Phi) is 7.52. The van der Waals surface area contributed by atoms with Gasteiger partial charge in [0.1, 0.15) is 0 Å². The second-order valence-electron chi connectivity index (χ2n) is 9.12. The third kappa shape index (κ3) is 4.55. The summed E-state index contributed by atoms with van der Waals surface area (Å²) >= 11 is 0. The van der Waals surface area contributed by atoms with Crippen LogP contribution >= 0.6 is 0 Å². The molecular formula is C30H38N2. The van der Waals surface area contributed by atoms with E-state index in [4.69, 9.17) is 0 Å². The lowest BCUT2D eigenvalue weighted by molar-refractivity contribution is 0.485. The third-order valence-electron chi connectivity index (χ3n) is 6.90. The predicted octanol–water partition coefficient (Wildman–Crippen LogP) is 8.75. The fourth-order valence-corrected chi connectivity index (χ4v) is 5.14. The van der Waals surface area contributed by atoms with E-state index in [1.807, 2.05) is 0 Å². The second kappa shape index (κ2) is 10.7. The van der Waals surface area contributed by atoms with Gasteiger partial charge in [0.2, 0.25) is 0 Å². The summed E-state index contributed by atoms with van der Waals surface area (Å²) < 4.78 is 2.42. The van der Waals surface area contributed by atoms with Gasteiger partial charge in [-0.1, -0.05) is 94.8 Å². The van der Waals surface area contributed by atoms with E-state index in [-0.39, 0.29) is 0 Å². The van der Waals surface area contributed by atoms with Crippen LogP contribution in [0, 0.1) is 0 Å². The Balaban J connectivity index is 1.82. The zero-order valence-electron chi connectivity index (χ0n) is 20.1. The van der Waals surface area contributed by atoms with Crippen LogP contribution < -0.4 is 4.90 Å². The molecule has 0 saturated carbocycles. The summed E-state index contributed by atoms with van der Waals surface area (Å²) in [5.74, 6) is 0. The van der Waals surface area contributed by atoms with Gasteiger partial charge in [0.05, 0.1) is 11.0 Å². The van der Waals surface area contributed by atoms with Crippen molar-refractivity contribution in [2.24, 2.45) is 0 Å². The zero-order valence-corrected chi connectivity index (χ0v) is 20.1. The van der Waals surface area contributed by atoms with Gasteiger partial charge in [-0.15, -0.1) is 0 Å². The molecule has 0 saturated heterocycles. The fourth-order valence-electron chi connectivity index (χ4n) is 5.14. The SMILES string of the molecule is CCCCCC(CCCCC)N(C)c1cccc2c1c1ccccc1n2-c1ccccc1. The molecule has 0 aliphatic heterocycles. The van der Waals surface area contributed by atoms with Crippen LogP contribution in [0.5, 0.6) is 0 Å². The van der Waals surface area contributed by atoms with E-state index in [0.717, 1.165) is 0 Å². The molecule has 0 atom stereocenters. The van der Waals surface area contributed by atoms with E-state index in [2.05, 4.69) is 103 Å². The number of benzene rings is 3. The Bertz CT molecular complexity index is 1120. The van der Waals surface area contributed by atoms with Gasteiger partial charge in [-0.25, -0.2) is 0 Å². The van der Waals surface area contributed by atoms with Gasteiger partial charge in [-0.3, -0.25) is 0 Å². The van der Waals surface area contributed by atoms with Crippen molar-refractivity contribution in [2.75, 3.05) is 11.9 Å². The van der Waals surface area contributed by atoms with Crippen molar-refractivity contribution in [3.05, 3.63) is 72.8 Å². The predicted molar refractivity (Wildman–Crippen MR) is 141 cm³/mol. The summed E-state index contributed by atoms with van der Waals surface area (Å²) in [7, 11) is 2.33. The molecule has 32 heavy (non-hydrogen) atoms. The highest BCUT2D eigenvalue weighted by atomic mass is 15.1. The number of fused-ring (bicyclic) bond motifs is 3. The average molecular weight is 427 g/mol. The minimum atomic E-state index is 0.595. The van der Waals surface area contributed by atoms with Crippen molar-refractivity contribution < 1.29 is 0 Å². The minimum Gasteiger partial charge on any atom is -0.371 e. The molecule has 0 fully saturated rings. The number of rotatable bonds is 11. The van der Waals surface area contributed by atoms with Crippen LogP contribution in [0.25, 0.3) is 27.5 Å². The van der Waals surface area contributed by atoms with E-state index in [1.54, 1.807) is 0 Å². The van der Waals surface area contributed by atoms with Gasteiger partial charge in [-0.05, 0) is 43.2 Å². The van der Waals surface area contributed by atoms with Crippen LogP contribution in [0.2, 0.25) is 0 Å². The van der Waals surface area contributed by atoms with Crippen LogP contribution in [-0.2, 0) is 0 Å². The maximum Gasteiger partial charge on any atom is 0.0561 e. The van der Waals surface area contributed by atoms with Gasteiger partial charge < -0.3 is 9.47 Å². The summed E-state index contributed by atoms with van der Waals surface area (Å²) in [4.78, 5) is 2.59. The van der Waals surface area contributed by atoms with Crippen LogP contribution in [-0.4, -0.2) is 17.7 Å². The molecule has 0 bridgehead atoms. The van der Waals surface area contributed by atoms with E-state index in [9.17, 15) is 0 Å². The topological polar surface area (TPSA) is 8.17 Å². The smallest absolute Gasteiger partial charge is 0.0561 e. The maximum atomic E-state index is 2.59. The number of hydrogen-bond donors (Lipinski definition) is 0. The highest BCUT2D eigenvalue weighted by molar-refractivity contribution is 6.15. The normalized spacial score (nSPS) is 11.6. The van der Waals surface area contributed by atoms with Gasteiger partial charge in [-0.2, -0.15) is 0 Å². The summed E-state index contributed by atoms with van der Waals surface area (Å²) in [6, 6.07) is 27.1. The number of anilines is 1. The van der Waals surface area contributed by atoms with Crippen molar-refractivity contribution in [1.29, 1.82) is 0 Å². The third-order valence-corrected chi connectivity index (χ3v) is 6.90. The standard InChI is InChI=1S/C30H38N2/c1-4-6-9-16-24(17-10-7-5-2)31(3)28-22-15-23-29-30(28)26-20-13-14-21-27(26)32(29)25-18-11-8-12-19-25/h8,11-15,18-24H,4-7,9-10,16-17H2,1-3H3. The molecule has 2 nitrogen and oxygen atoms in total. The second-order valence-corrected chi connectivity index (χ2v) is 9.12. The summed E-state index contributed by atoms with van der Waals surface area (Å²) in [5.41, 5.74) is 5.16. The van der Waals surface area contributed by atoms with Crippen molar-refractivity contribution in [2.45, 2.75) is 71.3 Å². The monoisotopic (exact) mass is 426 g/mol. The lowest BCUT2D eigenvalue weighted by atomic mass is 9.99. The number of para-hydroxylation sites is 2. The number of aromatic nitrogens is 1. The molecule has 3 aromatic carbocycles. The van der Waals surface area contributed by atoms with E-state index in [1.165, 1.54) is 84.5 Å². The van der Waals surface area contributed by atoms with Gasteiger partial charge in [0, 0.05) is 35.2 Å². The molecular weight excluding hydrogens is 388 g/mol. The molecule has 2 heteroatoms. The Morgan fingerprint density at radius 1 is 0.688 bits per heavy atom. The highest BCUT2D eigenvalue weighted by Gasteiger charge is 2.20. The van der Waals surface area contributed by atoms with Gasteiger partial charge >= 0.3 is 0 Å². The Hall–Kier alpha value is -2.74. The van der Waals surface area contributed by atoms with Crippen LogP contribution in [0.3, 0.4) is 0 Å². The molecule has 0 radical (unpaired) electrons. The summed E-state index contributed by atoms with van der Waals surface area (Å²) in [5, 5.41) is 2.72.